The average Bonchev–Trinajstić information content (AvgIpc) is 3.39. The third-order valence-electron chi connectivity index (χ3n) is 5.44. The van der Waals surface area contributed by atoms with Gasteiger partial charge in [-0.25, -0.2) is 14.1 Å². The maximum atomic E-state index is 14.8. The summed E-state index contributed by atoms with van der Waals surface area (Å²) < 4.78 is 24.9. The van der Waals surface area contributed by atoms with Crippen molar-refractivity contribution in [2.45, 2.75) is 6.92 Å². The molecule has 5 rings (SSSR count). The van der Waals surface area contributed by atoms with E-state index < -0.39 is 17.3 Å². The van der Waals surface area contributed by atoms with E-state index in [-0.39, 0.29) is 22.9 Å². The zero-order valence-electron chi connectivity index (χ0n) is 18.3. The molecule has 0 bridgehead atoms. The van der Waals surface area contributed by atoms with Crippen LogP contribution in [0.4, 0.5) is 10.1 Å². The summed E-state index contributed by atoms with van der Waals surface area (Å²) in [4.78, 5) is 30.1. The van der Waals surface area contributed by atoms with Gasteiger partial charge in [-0.05, 0) is 31.2 Å². The highest BCUT2D eigenvalue weighted by Crippen LogP contribution is 2.27. The van der Waals surface area contributed by atoms with Crippen LogP contribution in [-0.2, 0) is 7.05 Å². The predicted molar refractivity (Wildman–Crippen MR) is 123 cm³/mol. The van der Waals surface area contributed by atoms with Gasteiger partial charge in [-0.2, -0.15) is 9.61 Å². The molecule has 0 unspecified atom stereocenters. The molecule has 1 N–H and O–H groups in total. The van der Waals surface area contributed by atoms with E-state index in [2.05, 4.69) is 15.4 Å². The van der Waals surface area contributed by atoms with Gasteiger partial charge in [-0.3, -0.25) is 14.3 Å². The summed E-state index contributed by atoms with van der Waals surface area (Å²) in [6.45, 7) is 1.68. The van der Waals surface area contributed by atoms with Gasteiger partial charge in [0.15, 0.2) is 17.2 Å². The van der Waals surface area contributed by atoms with Crippen LogP contribution in [0.1, 0.15) is 16.1 Å². The molecule has 2 aromatic carbocycles. The standard InChI is InChI=1S/C24H19FN6O3/c1-15-22(24(33)31(29(15)2)17-6-4-3-5-7-17)23(32)28-16-8-9-19(18(25)14-16)34-21-11-12-26-20-10-13-27-30(20)21/h3-14H,1-2H3,(H,28,32). The minimum absolute atomic E-state index is 0.0232. The van der Waals surface area contributed by atoms with Gasteiger partial charge < -0.3 is 10.1 Å². The Kier molecular flexibility index (Phi) is 5.17. The fourth-order valence-electron chi connectivity index (χ4n) is 3.69. The predicted octanol–water partition coefficient (Wildman–Crippen LogP) is 3.71. The van der Waals surface area contributed by atoms with Crippen molar-refractivity contribution in [3.8, 4) is 17.3 Å². The first-order valence-electron chi connectivity index (χ1n) is 10.4. The second kappa shape index (κ2) is 8.32. The lowest BCUT2D eigenvalue weighted by atomic mass is 10.2. The Morgan fingerprint density at radius 2 is 1.85 bits per heavy atom. The number of carbonyl (C=O) groups excluding carboxylic acids is 1. The van der Waals surface area contributed by atoms with E-state index in [1.807, 2.05) is 6.07 Å². The first-order chi connectivity index (χ1) is 16.4. The first-order valence-corrected chi connectivity index (χ1v) is 10.4. The maximum Gasteiger partial charge on any atom is 0.284 e. The Morgan fingerprint density at radius 3 is 2.62 bits per heavy atom. The summed E-state index contributed by atoms with van der Waals surface area (Å²) in [6, 6.07) is 16.3. The topological polar surface area (TPSA) is 95.5 Å². The van der Waals surface area contributed by atoms with E-state index in [4.69, 9.17) is 4.74 Å². The first kappa shape index (κ1) is 21.1. The number of rotatable bonds is 5. The number of anilines is 1. The molecule has 0 aliphatic heterocycles. The number of hydrogen-bond acceptors (Lipinski definition) is 5. The molecule has 34 heavy (non-hydrogen) atoms. The number of nitrogens with one attached hydrogen (secondary N) is 1. The Labute approximate surface area is 192 Å². The number of aromatic nitrogens is 5. The van der Waals surface area contributed by atoms with Crippen LogP contribution in [-0.4, -0.2) is 29.9 Å². The van der Waals surface area contributed by atoms with Crippen molar-refractivity contribution in [3.05, 3.63) is 100 Å². The Morgan fingerprint density at radius 1 is 1.06 bits per heavy atom. The summed E-state index contributed by atoms with van der Waals surface area (Å²) in [6.07, 6.45) is 3.09. The lowest BCUT2D eigenvalue weighted by Gasteiger charge is -2.10. The van der Waals surface area contributed by atoms with Gasteiger partial charge in [0.2, 0.25) is 5.88 Å². The second-order valence-corrected chi connectivity index (χ2v) is 7.52. The molecule has 1 amide bonds. The number of carbonyl (C=O) groups is 1. The number of para-hydroxylation sites is 1. The van der Waals surface area contributed by atoms with Gasteiger partial charge in [0.1, 0.15) is 5.56 Å². The Bertz CT molecular complexity index is 1590. The van der Waals surface area contributed by atoms with Crippen molar-refractivity contribution in [1.82, 2.24) is 24.0 Å². The van der Waals surface area contributed by atoms with Crippen molar-refractivity contribution in [2.24, 2.45) is 7.05 Å². The van der Waals surface area contributed by atoms with E-state index in [0.717, 1.165) is 6.07 Å². The third kappa shape index (κ3) is 3.60. The van der Waals surface area contributed by atoms with E-state index in [1.165, 1.54) is 27.5 Å². The quantitative estimate of drug-likeness (QED) is 0.433. The Hall–Kier alpha value is -4.73. The maximum absolute atomic E-state index is 14.8. The molecule has 0 aliphatic rings. The van der Waals surface area contributed by atoms with Gasteiger partial charge >= 0.3 is 0 Å². The molecule has 3 aromatic heterocycles. The molecule has 0 fully saturated rings. The van der Waals surface area contributed by atoms with Crippen LogP contribution in [0.5, 0.6) is 11.6 Å². The molecular formula is C24H19FN6O3. The fraction of sp³-hybridized carbons (Fsp3) is 0.0833. The number of nitrogens with zero attached hydrogens (tertiary/aromatic N) is 5. The van der Waals surface area contributed by atoms with Crippen LogP contribution >= 0.6 is 0 Å². The van der Waals surface area contributed by atoms with Crippen molar-refractivity contribution in [3.63, 3.8) is 0 Å². The fourth-order valence-corrected chi connectivity index (χ4v) is 3.69. The van der Waals surface area contributed by atoms with Gasteiger partial charge in [0.25, 0.3) is 11.5 Å². The van der Waals surface area contributed by atoms with Crippen molar-refractivity contribution in [2.75, 3.05) is 5.32 Å². The SMILES string of the molecule is Cc1c(C(=O)Nc2ccc(Oc3ccnc4ccnn34)c(F)c2)c(=O)n(-c2ccccc2)n1C. The van der Waals surface area contributed by atoms with Crippen molar-refractivity contribution in [1.29, 1.82) is 0 Å². The zero-order valence-corrected chi connectivity index (χ0v) is 18.3. The normalized spacial score (nSPS) is 11.0. The molecule has 3 heterocycles. The molecule has 0 spiro atoms. The molecule has 10 heteroatoms. The number of ether oxygens (including phenoxy) is 1. The van der Waals surface area contributed by atoms with Crippen LogP contribution in [0.15, 0.2) is 77.9 Å². The van der Waals surface area contributed by atoms with Crippen LogP contribution < -0.4 is 15.6 Å². The molecular weight excluding hydrogens is 439 g/mol. The number of amides is 1. The lowest BCUT2D eigenvalue weighted by Crippen LogP contribution is -2.25. The molecule has 0 saturated heterocycles. The molecule has 0 aliphatic carbocycles. The lowest BCUT2D eigenvalue weighted by molar-refractivity contribution is 0.102. The monoisotopic (exact) mass is 458 g/mol. The van der Waals surface area contributed by atoms with Gasteiger partial charge in [-0.15, -0.1) is 0 Å². The van der Waals surface area contributed by atoms with Gasteiger partial charge in [-0.1, -0.05) is 18.2 Å². The van der Waals surface area contributed by atoms with Crippen LogP contribution in [0.3, 0.4) is 0 Å². The second-order valence-electron chi connectivity index (χ2n) is 7.52. The molecule has 9 nitrogen and oxygen atoms in total. The minimum Gasteiger partial charge on any atom is -0.436 e. The van der Waals surface area contributed by atoms with Crippen molar-refractivity contribution >= 4 is 17.2 Å². The van der Waals surface area contributed by atoms with Gasteiger partial charge in [0, 0.05) is 37.1 Å². The number of hydrogen-bond donors (Lipinski definition) is 1. The van der Waals surface area contributed by atoms with E-state index in [9.17, 15) is 14.0 Å². The third-order valence-corrected chi connectivity index (χ3v) is 5.44. The number of halogens is 1. The Balaban J connectivity index is 1.40. The molecule has 0 atom stereocenters. The van der Waals surface area contributed by atoms with E-state index >= 15 is 0 Å². The largest absolute Gasteiger partial charge is 0.436 e. The zero-order chi connectivity index (χ0) is 23.8. The van der Waals surface area contributed by atoms with Crippen LogP contribution in [0.2, 0.25) is 0 Å². The van der Waals surface area contributed by atoms with Gasteiger partial charge in [0.05, 0.1) is 17.6 Å². The summed E-state index contributed by atoms with van der Waals surface area (Å²) >= 11 is 0. The van der Waals surface area contributed by atoms with Crippen LogP contribution in [0, 0.1) is 12.7 Å². The molecule has 5 aromatic rings. The highest BCUT2D eigenvalue weighted by molar-refractivity contribution is 6.05. The highest BCUT2D eigenvalue weighted by Gasteiger charge is 2.22. The summed E-state index contributed by atoms with van der Waals surface area (Å²) in [5, 5.41) is 6.70. The summed E-state index contributed by atoms with van der Waals surface area (Å²) in [7, 11) is 1.70. The molecule has 170 valence electrons. The summed E-state index contributed by atoms with van der Waals surface area (Å²) in [5.41, 5.74) is 1.36. The van der Waals surface area contributed by atoms with Crippen LogP contribution in [0.25, 0.3) is 11.3 Å². The van der Waals surface area contributed by atoms with Crippen molar-refractivity contribution < 1.29 is 13.9 Å². The van der Waals surface area contributed by atoms with E-state index in [0.29, 0.717) is 17.0 Å². The molecule has 0 saturated carbocycles. The summed E-state index contributed by atoms with van der Waals surface area (Å²) in [5.74, 6) is -1.09. The molecule has 0 radical (unpaired) electrons. The highest BCUT2D eigenvalue weighted by atomic mass is 19.1. The minimum atomic E-state index is -0.693. The van der Waals surface area contributed by atoms with E-state index in [1.54, 1.807) is 61.2 Å². The number of fused-ring (bicyclic) bond motifs is 1. The average molecular weight is 458 g/mol. The smallest absolute Gasteiger partial charge is 0.284 e. The number of benzene rings is 2.